The third-order valence-electron chi connectivity index (χ3n) is 2.40. The van der Waals surface area contributed by atoms with Crippen LogP contribution in [0, 0.1) is 12.3 Å². The van der Waals surface area contributed by atoms with E-state index in [0.29, 0.717) is 0 Å². The van der Waals surface area contributed by atoms with E-state index in [2.05, 4.69) is 50.1 Å². The summed E-state index contributed by atoms with van der Waals surface area (Å²) in [5.74, 6) is 2.83. The Kier molecular flexibility index (Phi) is 2.09. The van der Waals surface area contributed by atoms with Gasteiger partial charge in [0.1, 0.15) is 0 Å². The first-order valence-electron chi connectivity index (χ1n) is 4.60. The summed E-state index contributed by atoms with van der Waals surface area (Å²) < 4.78 is 1.31. The highest BCUT2D eigenvalue weighted by Gasteiger charge is 2.19. The Morgan fingerprint density at radius 3 is 2.64 bits per heavy atom. The van der Waals surface area contributed by atoms with Gasteiger partial charge in [-0.3, -0.25) is 0 Å². The maximum atomic E-state index is 5.52. The molecule has 1 aromatic carbocycles. The van der Waals surface area contributed by atoms with Gasteiger partial charge in [0.2, 0.25) is 0 Å². The van der Waals surface area contributed by atoms with Crippen molar-refractivity contribution in [3.05, 3.63) is 35.2 Å². The Labute approximate surface area is 88.6 Å². The molecule has 0 aliphatic carbocycles. The van der Waals surface area contributed by atoms with Crippen LogP contribution in [-0.4, -0.2) is 0 Å². The number of thiophene rings is 1. The van der Waals surface area contributed by atoms with E-state index in [4.69, 9.17) is 6.42 Å². The van der Waals surface area contributed by atoms with Crippen LogP contribution in [0.5, 0.6) is 0 Å². The van der Waals surface area contributed by atoms with Crippen LogP contribution >= 0.6 is 11.3 Å². The average Bonchev–Trinajstić information content (AvgIpc) is 2.61. The van der Waals surface area contributed by atoms with Gasteiger partial charge in [-0.15, -0.1) is 17.8 Å². The quantitative estimate of drug-likeness (QED) is 0.614. The fraction of sp³-hybridized carbons (Fsp3) is 0.231. The molecule has 0 saturated carbocycles. The van der Waals surface area contributed by atoms with E-state index in [-0.39, 0.29) is 5.41 Å². The van der Waals surface area contributed by atoms with Crippen LogP contribution in [0.2, 0.25) is 0 Å². The average molecular weight is 200 g/mol. The summed E-state index contributed by atoms with van der Waals surface area (Å²) in [6.07, 6.45) is 5.52. The van der Waals surface area contributed by atoms with Crippen molar-refractivity contribution in [2.75, 3.05) is 0 Å². The monoisotopic (exact) mass is 200 g/mol. The first-order chi connectivity index (χ1) is 6.63. The molecule has 0 aliphatic rings. The zero-order valence-electron chi connectivity index (χ0n) is 8.37. The Hall–Kier alpha value is -1.26. The predicted octanol–water partition coefficient (Wildman–Crippen LogP) is 3.81. The lowest BCUT2D eigenvalue weighted by atomic mass is 9.93. The van der Waals surface area contributed by atoms with Crippen molar-refractivity contribution in [3.8, 4) is 12.3 Å². The van der Waals surface area contributed by atoms with Crippen LogP contribution in [0.4, 0.5) is 0 Å². The molecule has 70 valence electrons. The topological polar surface area (TPSA) is 0 Å². The van der Waals surface area contributed by atoms with E-state index in [1.54, 1.807) is 11.3 Å². The van der Waals surface area contributed by atoms with E-state index in [1.165, 1.54) is 15.0 Å². The molecule has 0 aliphatic heterocycles. The van der Waals surface area contributed by atoms with Crippen LogP contribution in [0.1, 0.15) is 18.7 Å². The van der Waals surface area contributed by atoms with Gasteiger partial charge in [0.15, 0.2) is 0 Å². The van der Waals surface area contributed by atoms with Crippen LogP contribution in [-0.2, 0) is 5.41 Å². The van der Waals surface area contributed by atoms with Crippen LogP contribution in [0.15, 0.2) is 30.3 Å². The molecule has 0 bridgehead atoms. The van der Waals surface area contributed by atoms with Crippen LogP contribution in [0.3, 0.4) is 0 Å². The third-order valence-corrected chi connectivity index (χ3v) is 3.84. The Morgan fingerprint density at radius 1 is 1.29 bits per heavy atom. The molecule has 0 unspecified atom stereocenters. The van der Waals surface area contributed by atoms with Crippen molar-refractivity contribution in [1.82, 2.24) is 0 Å². The van der Waals surface area contributed by atoms with Gasteiger partial charge in [0.25, 0.3) is 0 Å². The van der Waals surface area contributed by atoms with Gasteiger partial charge in [-0.05, 0) is 31.4 Å². The maximum Gasteiger partial charge on any atom is 0.0597 e. The summed E-state index contributed by atoms with van der Waals surface area (Å²) >= 11 is 1.79. The van der Waals surface area contributed by atoms with Gasteiger partial charge in [-0.25, -0.2) is 0 Å². The summed E-state index contributed by atoms with van der Waals surface area (Å²) in [6, 6.07) is 10.6. The lowest BCUT2D eigenvalue weighted by Crippen LogP contribution is -2.10. The lowest BCUT2D eigenvalue weighted by molar-refractivity contribution is 0.717. The molecule has 0 amide bonds. The van der Waals surface area contributed by atoms with Gasteiger partial charge < -0.3 is 0 Å². The standard InChI is InChI=1S/C13H12S/c1-4-13(2,3)12-9-10-7-5-6-8-11(10)14-12/h1,5-9H,2-3H3. The first kappa shape index (κ1) is 9.30. The van der Waals surface area contributed by atoms with Gasteiger partial charge in [-0.1, -0.05) is 24.1 Å². The number of hydrogen-bond acceptors (Lipinski definition) is 1. The van der Waals surface area contributed by atoms with Crippen molar-refractivity contribution < 1.29 is 0 Å². The van der Waals surface area contributed by atoms with E-state index >= 15 is 0 Å². The Bertz CT molecular complexity index is 464. The van der Waals surface area contributed by atoms with Gasteiger partial charge >= 0.3 is 0 Å². The van der Waals surface area contributed by atoms with E-state index in [0.717, 1.165) is 0 Å². The van der Waals surface area contributed by atoms with Crippen molar-refractivity contribution >= 4 is 21.4 Å². The number of benzene rings is 1. The molecule has 1 aromatic heterocycles. The molecule has 2 aromatic rings. The predicted molar refractivity (Wildman–Crippen MR) is 63.7 cm³/mol. The molecule has 0 atom stereocenters. The maximum absolute atomic E-state index is 5.52. The molecular formula is C13H12S. The van der Waals surface area contributed by atoms with Gasteiger partial charge in [0.05, 0.1) is 5.41 Å². The number of fused-ring (bicyclic) bond motifs is 1. The minimum atomic E-state index is -0.149. The van der Waals surface area contributed by atoms with Crippen molar-refractivity contribution in [2.24, 2.45) is 0 Å². The Balaban J connectivity index is 2.62. The summed E-state index contributed by atoms with van der Waals surface area (Å²) in [7, 11) is 0. The van der Waals surface area contributed by atoms with Crippen LogP contribution in [0.25, 0.3) is 10.1 Å². The second kappa shape index (κ2) is 3.15. The molecule has 0 N–H and O–H groups in total. The highest BCUT2D eigenvalue weighted by Crippen LogP contribution is 2.33. The second-order valence-corrected chi connectivity index (χ2v) is 5.00. The van der Waals surface area contributed by atoms with E-state index in [9.17, 15) is 0 Å². The highest BCUT2D eigenvalue weighted by molar-refractivity contribution is 7.19. The molecule has 1 heteroatoms. The normalized spacial score (nSPS) is 11.5. The molecule has 0 saturated heterocycles. The zero-order valence-corrected chi connectivity index (χ0v) is 9.19. The van der Waals surface area contributed by atoms with E-state index < -0.39 is 0 Å². The lowest BCUT2D eigenvalue weighted by Gasteiger charge is -2.13. The van der Waals surface area contributed by atoms with Crippen molar-refractivity contribution in [1.29, 1.82) is 0 Å². The fourth-order valence-electron chi connectivity index (χ4n) is 1.36. The smallest absolute Gasteiger partial charge is 0.0597 e. The van der Waals surface area contributed by atoms with Crippen molar-refractivity contribution in [2.45, 2.75) is 19.3 Å². The minimum Gasteiger partial charge on any atom is -0.139 e. The molecule has 0 spiro atoms. The number of rotatable bonds is 1. The summed E-state index contributed by atoms with van der Waals surface area (Å²) in [4.78, 5) is 1.27. The summed E-state index contributed by atoms with van der Waals surface area (Å²) in [6.45, 7) is 4.16. The van der Waals surface area contributed by atoms with Crippen LogP contribution < -0.4 is 0 Å². The number of terminal acetylenes is 1. The van der Waals surface area contributed by atoms with Crippen molar-refractivity contribution in [3.63, 3.8) is 0 Å². The SMILES string of the molecule is C#CC(C)(C)c1cc2ccccc2s1. The largest absolute Gasteiger partial charge is 0.139 e. The fourth-order valence-corrected chi connectivity index (χ4v) is 2.49. The number of hydrogen-bond donors (Lipinski definition) is 0. The molecular weight excluding hydrogens is 188 g/mol. The summed E-state index contributed by atoms with van der Waals surface area (Å²) in [5.41, 5.74) is -0.149. The van der Waals surface area contributed by atoms with E-state index in [1.807, 2.05) is 0 Å². The molecule has 0 fully saturated rings. The summed E-state index contributed by atoms with van der Waals surface area (Å²) in [5, 5.41) is 1.29. The zero-order chi connectivity index (χ0) is 10.2. The first-order valence-corrected chi connectivity index (χ1v) is 5.42. The van der Waals surface area contributed by atoms with Gasteiger partial charge in [0, 0.05) is 9.58 Å². The Morgan fingerprint density at radius 2 is 2.00 bits per heavy atom. The highest BCUT2D eigenvalue weighted by atomic mass is 32.1. The molecule has 0 radical (unpaired) electrons. The molecule has 14 heavy (non-hydrogen) atoms. The molecule has 1 heterocycles. The third kappa shape index (κ3) is 1.42. The molecule has 2 rings (SSSR count). The molecule has 0 nitrogen and oxygen atoms in total. The minimum absolute atomic E-state index is 0.149. The second-order valence-electron chi connectivity index (χ2n) is 3.92. The van der Waals surface area contributed by atoms with Gasteiger partial charge in [-0.2, -0.15) is 0 Å².